The molecule has 0 fully saturated rings. The van der Waals surface area contributed by atoms with E-state index in [4.69, 9.17) is 20.3 Å². The lowest BCUT2D eigenvalue weighted by molar-refractivity contribution is -0.137. The molecule has 12 rings (SSSR count). The highest BCUT2D eigenvalue weighted by Gasteiger charge is 2.27. The van der Waals surface area contributed by atoms with Crippen LogP contribution in [0.1, 0.15) is 130 Å². The number of aliphatic hydroxyl groups is 2. The van der Waals surface area contributed by atoms with Crippen LogP contribution < -0.4 is 23.8 Å². The molecule has 2 atom stereocenters. The number of benzene rings is 12. The van der Waals surface area contributed by atoms with Crippen LogP contribution in [0.15, 0.2) is 331 Å². The summed E-state index contributed by atoms with van der Waals surface area (Å²) in [6.45, 7) is 0.321. The molecule has 12 aromatic rings. The third-order valence-electron chi connectivity index (χ3n) is 18.2. The Morgan fingerprint density at radius 3 is 0.975 bits per heavy atom. The van der Waals surface area contributed by atoms with E-state index in [-0.39, 0.29) is 101 Å². The molecule has 18 nitrogen and oxygen atoms in total. The molecule has 0 aliphatic carbocycles. The van der Waals surface area contributed by atoms with Crippen molar-refractivity contribution in [3.63, 3.8) is 0 Å². The van der Waals surface area contributed by atoms with Gasteiger partial charge in [-0.3, -0.25) is 37.4 Å². The Bertz CT molecular complexity index is 5390. The number of sulfonamides is 2. The lowest BCUT2D eigenvalue weighted by Gasteiger charge is -2.25. The molecule has 0 aliphatic heterocycles. The van der Waals surface area contributed by atoms with Gasteiger partial charge in [0.15, 0.2) is 17.3 Å². The molecule has 5 N–H and O–H groups in total. The van der Waals surface area contributed by atoms with Gasteiger partial charge in [0.2, 0.25) is 0 Å². The molecule has 121 heavy (non-hydrogen) atoms. The van der Waals surface area contributed by atoms with Crippen molar-refractivity contribution in [1.29, 1.82) is 0 Å². The number of para-hydroxylation sites is 3. The number of carbonyl (C=O) groups is 6. The first-order chi connectivity index (χ1) is 58.1. The summed E-state index contributed by atoms with van der Waals surface area (Å²) in [6.07, 6.45) is 1.23. The number of hydrogen-bond donors (Lipinski definition) is 4. The van der Waals surface area contributed by atoms with E-state index in [0.29, 0.717) is 95.6 Å². The minimum Gasteiger partial charge on any atom is -0.497 e. The minimum absolute atomic E-state index is 0.0339. The molecule has 0 aliphatic rings. The first kappa shape index (κ1) is 95.1. The van der Waals surface area contributed by atoms with Crippen molar-refractivity contribution in [3.8, 4) is 11.5 Å². The summed E-state index contributed by atoms with van der Waals surface area (Å²) < 4.78 is 130. The van der Waals surface area contributed by atoms with Crippen molar-refractivity contribution in [2.45, 2.75) is 99.0 Å². The summed E-state index contributed by atoms with van der Waals surface area (Å²) in [5.74, 6) is -2.23. The van der Waals surface area contributed by atoms with Gasteiger partial charge < -0.3 is 30.5 Å². The second-order valence-electron chi connectivity index (χ2n) is 27.1. The van der Waals surface area contributed by atoms with E-state index in [1.165, 1.54) is 156 Å². The SMILES string of the molecule is COc1ccc(S(=O)(=O)N(CCCC(=O)c2ccc(F)cc2)c2ccccc2)cc1.COc1ccc(S(=O)(=O)N(CCCC(O)c2ccc(F)cc2)c2ccccc2)cc1.Nc1ccccc1.O=C(CCC(=O)c1ccc(F)cc1)Cc1ccccc1.O=C(CCC(O)c1ccc(F)cc1)Cc1ccccc1.O=C(O)CCC(=O)c1ccc(F)cc1. The van der Waals surface area contributed by atoms with Crippen LogP contribution in [0, 0.1) is 29.1 Å². The molecule has 0 saturated heterocycles. The molecule has 0 amide bonds. The Morgan fingerprint density at radius 1 is 0.347 bits per heavy atom. The predicted octanol–water partition coefficient (Wildman–Crippen LogP) is 19.4. The zero-order valence-electron chi connectivity index (χ0n) is 66.6. The van der Waals surface area contributed by atoms with E-state index in [9.17, 15) is 77.8 Å². The zero-order chi connectivity index (χ0) is 87.5. The predicted molar refractivity (Wildman–Crippen MR) is 458 cm³/mol. The highest BCUT2D eigenvalue weighted by molar-refractivity contribution is 7.93. The second-order valence-corrected chi connectivity index (χ2v) is 30.8. The first-order valence-corrected chi connectivity index (χ1v) is 41.3. The van der Waals surface area contributed by atoms with E-state index in [2.05, 4.69) is 0 Å². The third-order valence-corrected chi connectivity index (χ3v) is 21.9. The van der Waals surface area contributed by atoms with E-state index in [1.807, 2.05) is 97.1 Å². The number of ketones is 5. The Kier molecular flexibility index (Phi) is 39.3. The summed E-state index contributed by atoms with van der Waals surface area (Å²) in [5.41, 5.74) is 11.6. The number of ether oxygens (including phenoxy) is 2. The number of methoxy groups -OCH3 is 2. The molecule has 0 saturated carbocycles. The highest BCUT2D eigenvalue weighted by atomic mass is 32.2. The molecular formula is C96H94F5N3O15S2. The quantitative estimate of drug-likeness (QED) is 0.0166. The number of nitrogens with zero attached hydrogens (tertiary/aromatic N) is 2. The van der Waals surface area contributed by atoms with Gasteiger partial charge in [-0.05, 0) is 230 Å². The van der Waals surface area contributed by atoms with Gasteiger partial charge in [0.25, 0.3) is 20.0 Å². The Hall–Kier alpha value is -13.1. The maximum Gasteiger partial charge on any atom is 0.303 e. The summed E-state index contributed by atoms with van der Waals surface area (Å²) in [4.78, 5) is 69.6. The van der Waals surface area contributed by atoms with Crippen LogP contribution in [0.25, 0.3) is 0 Å². The van der Waals surface area contributed by atoms with Crippen molar-refractivity contribution in [1.82, 2.24) is 0 Å². The molecule has 0 bridgehead atoms. The summed E-state index contributed by atoms with van der Waals surface area (Å²) in [7, 11) is -4.60. The van der Waals surface area contributed by atoms with Gasteiger partial charge in [-0.1, -0.05) is 140 Å². The Morgan fingerprint density at radius 2 is 0.645 bits per heavy atom. The number of nitrogens with two attached hydrogens (primary N) is 1. The number of nitrogen functional groups attached to an aromatic ring is 1. The number of anilines is 3. The van der Waals surface area contributed by atoms with Crippen LogP contribution in [0.5, 0.6) is 11.5 Å². The summed E-state index contributed by atoms with van der Waals surface area (Å²) in [6, 6.07) is 85.6. The van der Waals surface area contributed by atoms with Crippen molar-refractivity contribution in [2.75, 3.05) is 41.7 Å². The van der Waals surface area contributed by atoms with Crippen molar-refractivity contribution in [2.24, 2.45) is 0 Å². The van der Waals surface area contributed by atoms with Gasteiger partial charge in [0, 0.05) is 80.4 Å². The average molecular weight is 1690 g/mol. The van der Waals surface area contributed by atoms with Crippen LogP contribution >= 0.6 is 0 Å². The van der Waals surface area contributed by atoms with Crippen LogP contribution in [0.4, 0.5) is 39.0 Å². The number of carboxylic acid groups (broad SMARTS) is 1. The van der Waals surface area contributed by atoms with Crippen LogP contribution in [0.2, 0.25) is 0 Å². The maximum atomic E-state index is 13.3. The van der Waals surface area contributed by atoms with Crippen molar-refractivity contribution >= 4 is 72.0 Å². The van der Waals surface area contributed by atoms with E-state index in [0.717, 1.165) is 16.8 Å². The Balaban J connectivity index is 0.000000208. The normalized spacial score (nSPS) is 11.1. The summed E-state index contributed by atoms with van der Waals surface area (Å²) in [5, 5.41) is 28.7. The topological polar surface area (TPSA) is 282 Å². The van der Waals surface area contributed by atoms with Crippen molar-refractivity contribution in [3.05, 3.63) is 390 Å². The van der Waals surface area contributed by atoms with Gasteiger partial charge in [0.1, 0.15) is 52.2 Å². The largest absolute Gasteiger partial charge is 0.497 e. The smallest absolute Gasteiger partial charge is 0.303 e. The lowest BCUT2D eigenvalue weighted by Crippen LogP contribution is -2.32. The third kappa shape index (κ3) is 33.3. The fourth-order valence-corrected chi connectivity index (χ4v) is 14.6. The second kappa shape index (κ2) is 50.0. The van der Waals surface area contributed by atoms with Gasteiger partial charge in [-0.2, -0.15) is 0 Å². The van der Waals surface area contributed by atoms with Crippen LogP contribution in [0.3, 0.4) is 0 Å². The van der Waals surface area contributed by atoms with Crippen LogP contribution in [-0.2, 0) is 47.3 Å². The molecule has 0 aromatic heterocycles. The lowest BCUT2D eigenvalue weighted by atomic mass is 10.0. The van der Waals surface area contributed by atoms with Gasteiger partial charge in [-0.15, -0.1) is 0 Å². The number of aliphatic hydroxyl groups excluding tert-OH is 2. The van der Waals surface area contributed by atoms with Gasteiger partial charge in [-0.25, -0.2) is 38.8 Å². The number of aliphatic carboxylic acids is 1. The Labute approximate surface area is 702 Å². The number of carboxylic acids is 1. The number of Topliss-reactive ketones (excluding diaryl/α,β-unsaturated/α-hetero) is 5. The number of carbonyl (C=O) groups excluding carboxylic acids is 5. The summed E-state index contributed by atoms with van der Waals surface area (Å²) >= 11 is 0. The molecule has 12 aromatic carbocycles. The van der Waals surface area contributed by atoms with E-state index >= 15 is 0 Å². The maximum absolute atomic E-state index is 13.3. The average Bonchev–Trinajstić information content (AvgIpc) is 0.797. The standard InChI is InChI=1S/C23H24FNO4S.C23H22FNO4S.C17H17FO2.C17H15FO2.C10H9FO3.C6H7N/c2*1-29-21-13-15-22(16-14-21)30(27,28)25(20-6-3-2-4-7-20)17-5-8-23(26)18-9-11-19(24)12-10-18;2*18-15-8-6-14(7-9-15)17(20)11-10-16(19)12-13-4-2-1-3-5-13;11-8-3-1-7(2-4-8)9(12)5-6-10(13)14;7-6-4-2-1-3-5-6/h2-4,6-7,9-16,23,26H,5,8,17H2,1H3;2-4,6-7,9-16H,5,8,17H2,1H3;1-9,17,20H,10-12H2;1-9H,10-12H2;1-4H,5-6H2,(H,13,14);1-5H,7H2. The molecule has 0 radical (unpaired) electrons. The molecule has 630 valence electrons. The van der Waals surface area contributed by atoms with E-state index in [1.54, 1.807) is 91.0 Å². The fourth-order valence-electron chi connectivity index (χ4n) is 11.6. The fraction of sp³-hybridized carbons (Fsp3) is 0.188. The molecule has 0 heterocycles. The number of rotatable bonds is 34. The van der Waals surface area contributed by atoms with Crippen molar-refractivity contribution < 1.29 is 92.3 Å². The number of hydrogen-bond acceptors (Lipinski definition) is 15. The molecule has 2 unspecified atom stereocenters. The monoisotopic (exact) mass is 1690 g/mol. The number of halogens is 5. The molecule has 0 spiro atoms. The molecular weight excluding hydrogens is 1590 g/mol. The zero-order valence-corrected chi connectivity index (χ0v) is 68.2. The van der Waals surface area contributed by atoms with Gasteiger partial charge in [0.05, 0.1) is 54.0 Å². The van der Waals surface area contributed by atoms with Gasteiger partial charge >= 0.3 is 5.97 Å². The molecule has 25 heteroatoms. The first-order valence-electron chi connectivity index (χ1n) is 38.4. The highest BCUT2D eigenvalue weighted by Crippen LogP contribution is 2.30. The van der Waals surface area contributed by atoms with E-state index < -0.39 is 49.9 Å². The van der Waals surface area contributed by atoms with Crippen LogP contribution in [-0.4, -0.2) is 94.3 Å². The minimum atomic E-state index is -3.83.